The molecule has 5 atom stereocenters. The van der Waals surface area contributed by atoms with E-state index >= 15 is 0 Å². The van der Waals surface area contributed by atoms with E-state index in [0.717, 1.165) is 16.9 Å². The van der Waals surface area contributed by atoms with Gasteiger partial charge in [0.05, 0.1) is 6.61 Å². The predicted molar refractivity (Wildman–Crippen MR) is 135 cm³/mol. The maximum atomic E-state index is 12.0. The van der Waals surface area contributed by atoms with Gasteiger partial charge in [-0.3, -0.25) is 14.4 Å². The molecule has 194 valence electrons. The standard InChI is InChI=1S/C26H28BrClO8/c1-5-32-20-9-6-17(7-10-20)12-19-13-18(8-11-21(19)28)22-23(33-14(2)29)24(34-15(3)30)25(26(27)36-22)35-16(4)31/h6-11,13,22-26H,5,12H2,1-4H3/t22-,23-,24+,25-,26+/m0/s1. The van der Waals surface area contributed by atoms with Gasteiger partial charge in [0.2, 0.25) is 0 Å². The van der Waals surface area contributed by atoms with Crippen molar-refractivity contribution >= 4 is 45.4 Å². The summed E-state index contributed by atoms with van der Waals surface area (Å²) >= 11 is 9.89. The van der Waals surface area contributed by atoms with Gasteiger partial charge in [0.25, 0.3) is 0 Å². The van der Waals surface area contributed by atoms with E-state index in [9.17, 15) is 14.4 Å². The van der Waals surface area contributed by atoms with Gasteiger partial charge in [0, 0.05) is 25.8 Å². The number of ether oxygens (including phenoxy) is 5. The van der Waals surface area contributed by atoms with E-state index in [1.807, 2.05) is 37.3 Å². The maximum Gasteiger partial charge on any atom is 0.303 e. The van der Waals surface area contributed by atoms with Gasteiger partial charge in [-0.2, -0.15) is 0 Å². The first kappa shape index (κ1) is 28.0. The molecule has 0 spiro atoms. The molecule has 1 fully saturated rings. The van der Waals surface area contributed by atoms with E-state index in [1.54, 1.807) is 12.1 Å². The summed E-state index contributed by atoms with van der Waals surface area (Å²) < 4.78 is 28.0. The summed E-state index contributed by atoms with van der Waals surface area (Å²) in [6, 6.07) is 13.1. The Balaban J connectivity index is 1.96. The first-order valence-corrected chi connectivity index (χ1v) is 12.7. The van der Waals surface area contributed by atoms with Crippen LogP contribution in [0.25, 0.3) is 0 Å². The molecular weight excluding hydrogens is 556 g/mol. The Morgan fingerprint density at radius 3 is 2.06 bits per heavy atom. The fourth-order valence-electron chi connectivity index (χ4n) is 4.03. The van der Waals surface area contributed by atoms with Crippen LogP contribution in [0.3, 0.4) is 0 Å². The molecule has 0 saturated carbocycles. The van der Waals surface area contributed by atoms with Crippen molar-refractivity contribution in [3.63, 3.8) is 0 Å². The van der Waals surface area contributed by atoms with Crippen LogP contribution in [0.2, 0.25) is 5.02 Å². The summed E-state index contributed by atoms with van der Waals surface area (Å²) in [5.41, 5.74) is 2.49. The van der Waals surface area contributed by atoms with E-state index in [-0.39, 0.29) is 0 Å². The van der Waals surface area contributed by atoms with Crippen LogP contribution in [0.15, 0.2) is 42.5 Å². The summed E-state index contributed by atoms with van der Waals surface area (Å²) in [7, 11) is 0. The zero-order chi connectivity index (χ0) is 26.4. The molecule has 2 aromatic rings. The van der Waals surface area contributed by atoms with Crippen molar-refractivity contribution in [1.82, 2.24) is 0 Å². The van der Waals surface area contributed by atoms with Crippen molar-refractivity contribution in [3.8, 4) is 5.75 Å². The largest absolute Gasteiger partial charge is 0.494 e. The molecule has 0 radical (unpaired) electrons. The van der Waals surface area contributed by atoms with E-state index in [1.165, 1.54) is 20.8 Å². The second-order valence-electron chi connectivity index (χ2n) is 8.23. The molecule has 36 heavy (non-hydrogen) atoms. The normalized spacial score (nSPS) is 23.4. The van der Waals surface area contributed by atoms with Crippen LogP contribution >= 0.6 is 27.5 Å². The van der Waals surface area contributed by atoms with Crippen LogP contribution in [0.4, 0.5) is 0 Å². The molecule has 3 rings (SSSR count). The van der Waals surface area contributed by atoms with Gasteiger partial charge in [0.15, 0.2) is 23.3 Å². The third kappa shape index (κ3) is 7.21. The smallest absolute Gasteiger partial charge is 0.303 e. The van der Waals surface area contributed by atoms with Gasteiger partial charge in [-0.05, 0) is 48.2 Å². The van der Waals surface area contributed by atoms with Gasteiger partial charge >= 0.3 is 17.9 Å². The molecule has 8 nitrogen and oxygen atoms in total. The highest BCUT2D eigenvalue weighted by Gasteiger charge is 2.51. The van der Waals surface area contributed by atoms with Crippen LogP contribution < -0.4 is 4.74 Å². The maximum absolute atomic E-state index is 12.0. The molecule has 0 unspecified atom stereocenters. The molecule has 2 aromatic carbocycles. The average molecular weight is 584 g/mol. The summed E-state index contributed by atoms with van der Waals surface area (Å²) in [5.74, 6) is -1.05. The first-order chi connectivity index (χ1) is 17.1. The summed E-state index contributed by atoms with van der Waals surface area (Å²) in [6.45, 7) is 6.19. The average Bonchev–Trinajstić information content (AvgIpc) is 2.80. The van der Waals surface area contributed by atoms with Gasteiger partial charge < -0.3 is 23.7 Å². The molecule has 0 aliphatic carbocycles. The summed E-state index contributed by atoms with van der Waals surface area (Å²) in [5, 5.41) is -0.287. The van der Waals surface area contributed by atoms with Crippen LogP contribution in [0.5, 0.6) is 5.75 Å². The SMILES string of the molecule is CCOc1ccc(Cc2cc([C@@H]3O[C@@H](Br)[C@@H](OC(C)=O)[C@H](OC(C)=O)[C@H]3OC(C)=O)ccc2Cl)cc1. The number of esters is 3. The van der Waals surface area contributed by atoms with E-state index < -0.39 is 47.3 Å². The fraction of sp³-hybridized carbons (Fsp3) is 0.423. The molecule has 10 heteroatoms. The van der Waals surface area contributed by atoms with E-state index in [4.69, 9.17) is 35.3 Å². The van der Waals surface area contributed by atoms with Crippen LogP contribution in [0.1, 0.15) is 50.5 Å². The van der Waals surface area contributed by atoms with Crippen molar-refractivity contribution in [3.05, 3.63) is 64.2 Å². The van der Waals surface area contributed by atoms with E-state index in [2.05, 4.69) is 15.9 Å². The molecular formula is C26H28BrClO8. The minimum atomic E-state index is -1.11. The van der Waals surface area contributed by atoms with E-state index in [0.29, 0.717) is 23.6 Å². The zero-order valence-corrected chi connectivity index (χ0v) is 22.7. The second-order valence-corrected chi connectivity index (χ2v) is 9.54. The lowest BCUT2D eigenvalue weighted by Gasteiger charge is -2.43. The summed E-state index contributed by atoms with van der Waals surface area (Å²) in [6.07, 6.45) is -3.54. The number of carbonyl (C=O) groups is 3. The van der Waals surface area contributed by atoms with Crippen molar-refractivity contribution in [1.29, 1.82) is 0 Å². The van der Waals surface area contributed by atoms with Crippen LogP contribution in [0, 0.1) is 0 Å². The molecule has 1 heterocycles. The highest BCUT2D eigenvalue weighted by molar-refractivity contribution is 9.09. The quantitative estimate of drug-likeness (QED) is 0.246. The number of benzene rings is 2. The number of alkyl halides is 1. The highest BCUT2D eigenvalue weighted by atomic mass is 79.9. The van der Waals surface area contributed by atoms with Crippen molar-refractivity contribution < 1.29 is 38.1 Å². The van der Waals surface area contributed by atoms with Crippen LogP contribution in [-0.4, -0.2) is 47.8 Å². The third-order valence-electron chi connectivity index (χ3n) is 5.41. The topological polar surface area (TPSA) is 97.4 Å². The predicted octanol–water partition coefficient (Wildman–Crippen LogP) is 4.92. The fourth-order valence-corrected chi connectivity index (χ4v) is 4.85. The number of hydrogen-bond donors (Lipinski definition) is 0. The lowest BCUT2D eigenvalue weighted by atomic mass is 9.92. The van der Waals surface area contributed by atoms with Gasteiger partial charge in [-0.25, -0.2) is 0 Å². The Hall–Kier alpha value is -2.62. The Morgan fingerprint density at radius 1 is 0.889 bits per heavy atom. The third-order valence-corrected chi connectivity index (χ3v) is 6.52. The molecule has 0 bridgehead atoms. The van der Waals surface area contributed by atoms with Gasteiger partial charge in [-0.15, -0.1) is 0 Å². The summed E-state index contributed by atoms with van der Waals surface area (Å²) in [4.78, 5) is 35.6. The van der Waals surface area contributed by atoms with Crippen LogP contribution in [-0.2, 0) is 39.8 Å². The lowest BCUT2D eigenvalue weighted by Crippen LogP contribution is -2.56. The van der Waals surface area contributed by atoms with Gasteiger partial charge in [0.1, 0.15) is 11.9 Å². The molecule has 1 aliphatic rings. The molecule has 0 N–H and O–H groups in total. The highest BCUT2D eigenvalue weighted by Crippen LogP contribution is 2.40. The Labute approximate surface area is 223 Å². The molecule has 1 aliphatic heterocycles. The molecule has 0 amide bonds. The molecule has 0 aromatic heterocycles. The number of carbonyl (C=O) groups excluding carboxylic acids is 3. The monoisotopic (exact) mass is 582 g/mol. The second kappa shape index (κ2) is 12.6. The molecule has 1 saturated heterocycles. The number of hydrogen-bond acceptors (Lipinski definition) is 8. The Kier molecular flexibility index (Phi) is 9.76. The van der Waals surface area contributed by atoms with Crippen molar-refractivity contribution in [2.75, 3.05) is 6.61 Å². The Bertz CT molecular complexity index is 1090. The Morgan fingerprint density at radius 2 is 1.47 bits per heavy atom. The zero-order valence-electron chi connectivity index (χ0n) is 20.4. The minimum absolute atomic E-state index is 0.533. The number of halogens is 2. The van der Waals surface area contributed by atoms with Gasteiger partial charge in [-0.1, -0.05) is 51.8 Å². The van der Waals surface area contributed by atoms with Crippen molar-refractivity contribution in [2.45, 2.75) is 63.5 Å². The lowest BCUT2D eigenvalue weighted by molar-refractivity contribution is -0.232. The van der Waals surface area contributed by atoms with Crippen molar-refractivity contribution in [2.24, 2.45) is 0 Å². The first-order valence-electron chi connectivity index (χ1n) is 11.4. The minimum Gasteiger partial charge on any atom is -0.494 e. The number of rotatable bonds is 8.